The van der Waals surface area contributed by atoms with Gasteiger partial charge in [-0.1, -0.05) is 83.0 Å². The molecule has 0 atom stereocenters. The monoisotopic (exact) mass is 432 g/mol. The van der Waals surface area contributed by atoms with Crippen LogP contribution in [0.1, 0.15) is 21.5 Å². The Hall–Kier alpha value is -2.82. The van der Waals surface area contributed by atoms with E-state index < -0.39 is 0 Å². The van der Waals surface area contributed by atoms with E-state index in [0.29, 0.717) is 10.8 Å². The summed E-state index contributed by atoms with van der Waals surface area (Å²) in [6.07, 6.45) is 2.01. The molecule has 0 bridgehead atoms. The van der Waals surface area contributed by atoms with E-state index >= 15 is 0 Å². The molecule has 4 rings (SSSR count). The van der Waals surface area contributed by atoms with Crippen LogP contribution in [0.2, 0.25) is 5.02 Å². The summed E-state index contributed by atoms with van der Waals surface area (Å²) in [7, 11) is 0. The lowest BCUT2D eigenvalue weighted by molar-refractivity contribution is 0.102. The van der Waals surface area contributed by atoms with E-state index in [4.69, 9.17) is 16.6 Å². The number of halogens is 1. The molecule has 0 saturated heterocycles. The zero-order valence-corrected chi connectivity index (χ0v) is 18.4. The van der Waals surface area contributed by atoms with E-state index in [1.165, 1.54) is 17.3 Å². The average Bonchev–Trinajstić information content (AvgIpc) is 3.18. The van der Waals surface area contributed by atoms with Crippen molar-refractivity contribution in [3.8, 4) is 16.9 Å². The highest BCUT2D eigenvalue weighted by Crippen LogP contribution is 2.28. The summed E-state index contributed by atoms with van der Waals surface area (Å²) in [4.78, 5) is 17.5. The Kier molecular flexibility index (Phi) is 6.07. The smallest absolute Gasteiger partial charge is 0.173 e. The second-order valence-electron chi connectivity index (χ2n) is 7.20. The molecule has 0 aliphatic rings. The number of thioether (sulfide) groups is 1. The maximum absolute atomic E-state index is 12.7. The van der Waals surface area contributed by atoms with E-state index in [1.54, 1.807) is 0 Å². The van der Waals surface area contributed by atoms with Crippen molar-refractivity contribution < 1.29 is 4.79 Å². The van der Waals surface area contributed by atoms with Crippen LogP contribution in [-0.2, 0) is 0 Å². The van der Waals surface area contributed by atoms with Crippen molar-refractivity contribution in [1.29, 1.82) is 0 Å². The molecule has 0 N–H and O–H groups in total. The van der Waals surface area contributed by atoms with Crippen LogP contribution in [0, 0.1) is 13.8 Å². The molecule has 0 radical (unpaired) electrons. The zero-order chi connectivity index (χ0) is 21.1. The van der Waals surface area contributed by atoms with Gasteiger partial charge in [-0.05, 0) is 38.1 Å². The summed E-state index contributed by atoms with van der Waals surface area (Å²) in [5.41, 5.74) is 5.90. The Labute approximate surface area is 185 Å². The summed E-state index contributed by atoms with van der Waals surface area (Å²) in [5, 5.41) is 1.47. The van der Waals surface area contributed by atoms with E-state index in [-0.39, 0.29) is 5.78 Å². The van der Waals surface area contributed by atoms with Crippen LogP contribution in [-0.4, -0.2) is 21.1 Å². The Bertz CT molecular complexity index is 1160. The lowest BCUT2D eigenvalue weighted by Gasteiger charge is -2.07. The molecule has 0 fully saturated rings. The van der Waals surface area contributed by atoms with Gasteiger partial charge in [-0.15, -0.1) is 0 Å². The average molecular weight is 433 g/mol. The lowest BCUT2D eigenvalue weighted by atomic mass is 10.1. The Balaban J connectivity index is 1.64. The summed E-state index contributed by atoms with van der Waals surface area (Å²) in [6.45, 7) is 4.08. The number of ketones is 1. The van der Waals surface area contributed by atoms with Crippen molar-refractivity contribution in [2.75, 3.05) is 5.75 Å². The predicted octanol–water partition coefficient (Wildman–Crippen LogP) is 6.78. The predicted molar refractivity (Wildman–Crippen MR) is 125 cm³/mol. The molecule has 0 spiro atoms. The van der Waals surface area contributed by atoms with Crippen molar-refractivity contribution in [2.45, 2.75) is 19.0 Å². The first-order valence-corrected chi connectivity index (χ1v) is 11.0. The fourth-order valence-corrected chi connectivity index (χ4v) is 4.08. The first kappa shape index (κ1) is 20.5. The number of benzene rings is 3. The number of rotatable bonds is 6. The Morgan fingerprint density at radius 1 is 0.900 bits per heavy atom. The van der Waals surface area contributed by atoms with Crippen LogP contribution >= 0.6 is 23.4 Å². The fraction of sp³-hybridized carbons (Fsp3) is 0.120. The van der Waals surface area contributed by atoms with Crippen LogP contribution in [0.15, 0.2) is 84.1 Å². The highest BCUT2D eigenvalue weighted by Gasteiger charge is 2.14. The molecular weight excluding hydrogens is 412 g/mol. The fourth-order valence-electron chi connectivity index (χ4n) is 3.07. The van der Waals surface area contributed by atoms with E-state index in [1.807, 2.05) is 66.2 Å². The minimum absolute atomic E-state index is 0.0894. The number of nitrogens with zero attached hydrogens (tertiary/aromatic N) is 2. The first-order valence-electron chi connectivity index (χ1n) is 9.64. The van der Waals surface area contributed by atoms with Crippen LogP contribution in [0.3, 0.4) is 0 Å². The van der Waals surface area contributed by atoms with Crippen LogP contribution in [0.25, 0.3) is 16.9 Å². The van der Waals surface area contributed by atoms with Gasteiger partial charge in [-0.3, -0.25) is 9.36 Å². The van der Waals surface area contributed by atoms with E-state index in [9.17, 15) is 4.79 Å². The van der Waals surface area contributed by atoms with Crippen molar-refractivity contribution in [3.63, 3.8) is 0 Å². The normalized spacial score (nSPS) is 10.9. The molecule has 0 amide bonds. The molecule has 1 heterocycles. The van der Waals surface area contributed by atoms with Crippen molar-refractivity contribution in [2.24, 2.45) is 0 Å². The lowest BCUT2D eigenvalue weighted by Crippen LogP contribution is -2.04. The van der Waals surface area contributed by atoms with Gasteiger partial charge in [0.05, 0.1) is 11.4 Å². The maximum Gasteiger partial charge on any atom is 0.173 e. The van der Waals surface area contributed by atoms with Crippen LogP contribution < -0.4 is 0 Å². The molecule has 3 aromatic carbocycles. The number of imidazole rings is 1. The molecule has 0 aliphatic heterocycles. The molecule has 0 aliphatic carbocycles. The van der Waals surface area contributed by atoms with Crippen molar-refractivity contribution >= 4 is 29.1 Å². The van der Waals surface area contributed by atoms with Crippen molar-refractivity contribution in [1.82, 2.24) is 9.55 Å². The van der Waals surface area contributed by atoms with Crippen molar-refractivity contribution in [3.05, 3.63) is 101 Å². The molecule has 1 aromatic heterocycles. The summed E-state index contributed by atoms with van der Waals surface area (Å²) in [6, 6.07) is 23.6. The van der Waals surface area contributed by atoms with E-state index in [0.717, 1.165) is 33.2 Å². The number of hydrogen-bond acceptors (Lipinski definition) is 3. The van der Waals surface area contributed by atoms with Gasteiger partial charge in [0.1, 0.15) is 0 Å². The molecule has 3 nitrogen and oxygen atoms in total. The van der Waals surface area contributed by atoms with E-state index in [2.05, 4.69) is 31.2 Å². The molecule has 0 saturated carbocycles. The minimum Gasteiger partial charge on any atom is -0.294 e. The first-order chi connectivity index (χ1) is 14.5. The third kappa shape index (κ3) is 4.66. The third-order valence-electron chi connectivity index (χ3n) is 4.83. The summed E-state index contributed by atoms with van der Waals surface area (Å²) in [5.74, 6) is 0.415. The topological polar surface area (TPSA) is 34.9 Å². The van der Waals surface area contributed by atoms with Gasteiger partial charge < -0.3 is 0 Å². The Morgan fingerprint density at radius 3 is 2.13 bits per heavy atom. The zero-order valence-electron chi connectivity index (χ0n) is 16.8. The number of carbonyl (C=O) groups is 1. The molecule has 150 valence electrons. The quantitative estimate of drug-likeness (QED) is 0.248. The summed E-state index contributed by atoms with van der Waals surface area (Å²) >= 11 is 7.48. The Morgan fingerprint density at radius 2 is 1.50 bits per heavy atom. The number of carbonyl (C=O) groups excluding carboxylic acids is 1. The largest absolute Gasteiger partial charge is 0.294 e. The minimum atomic E-state index is 0.0894. The summed E-state index contributed by atoms with van der Waals surface area (Å²) < 4.78 is 2.04. The second kappa shape index (κ2) is 8.90. The van der Waals surface area contributed by atoms with Gasteiger partial charge in [0, 0.05) is 28.0 Å². The number of aryl methyl sites for hydroxylation is 2. The highest BCUT2D eigenvalue weighted by atomic mass is 35.5. The second-order valence-corrected chi connectivity index (χ2v) is 8.58. The molecule has 4 aromatic rings. The molecular formula is C25H21ClN2OS. The SMILES string of the molecule is Cc1ccc(C(=O)CSc2nc(-c3ccc(Cl)cc3)cn2-c2ccc(C)cc2)cc1. The van der Waals surface area contributed by atoms with Gasteiger partial charge >= 0.3 is 0 Å². The number of hydrogen-bond donors (Lipinski definition) is 0. The van der Waals surface area contributed by atoms with Crippen LogP contribution in [0.4, 0.5) is 0 Å². The standard InChI is InChI=1S/C25H21ClN2OS/c1-17-3-7-20(8-4-17)24(29)16-30-25-27-23(19-9-11-21(26)12-10-19)15-28(25)22-13-5-18(2)6-14-22/h3-15H,16H2,1-2H3. The van der Waals surface area contributed by atoms with Gasteiger partial charge in [0.15, 0.2) is 10.9 Å². The maximum atomic E-state index is 12.7. The number of Topliss-reactive ketones (excluding diaryl/α,β-unsaturated/α-hetero) is 1. The molecule has 5 heteroatoms. The van der Waals surface area contributed by atoms with Gasteiger partial charge in [0.25, 0.3) is 0 Å². The number of aromatic nitrogens is 2. The molecule has 0 unspecified atom stereocenters. The van der Waals surface area contributed by atoms with Crippen LogP contribution in [0.5, 0.6) is 0 Å². The molecule has 30 heavy (non-hydrogen) atoms. The van der Waals surface area contributed by atoms with Gasteiger partial charge in [0.2, 0.25) is 0 Å². The van der Waals surface area contributed by atoms with Gasteiger partial charge in [-0.2, -0.15) is 0 Å². The highest BCUT2D eigenvalue weighted by molar-refractivity contribution is 7.99. The van der Waals surface area contributed by atoms with Gasteiger partial charge in [-0.25, -0.2) is 4.98 Å². The third-order valence-corrected chi connectivity index (χ3v) is 6.04.